The minimum absolute atomic E-state index is 0.467. The summed E-state index contributed by atoms with van der Waals surface area (Å²) in [5.41, 5.74) is 0.832. The minimum Gasteiger partial charge on any atom is -0.334 e. The Balaban J connectivity index is 1.71. The summed E-state index contributed by atoms with van der Waals surface area (Å²) in [6.45, 7) is 0. The first-order chi connectivity index (χ1) is 10.2. The van der Waals surface area contributed by atoms with E-state index in [4.69, 9.17) is 27.7 Å². The first-order valence-electron chi connectivity index (χ1n) is 6.04. The first kappa shape index (κ1) is 14.4. The third kappa shape index (κ3) is 3.56. The van der Waals surface area contributed by atoms with E-state index in [1.807, 2.05) is 12.1 Å². The average Bonchev–Trinajstić information content (AvgIpc) is 2.96. The van der Waals surface area contributed by atoms with Crippen LogP contribution in [-0.2, 0) is 5.75 Å². The molecular weight excluding hydrogens is 329 g/mol. The molecule has 0 aliphatic rings. The molecule has 2 heterocycles. The molecule has 0 aliphatic heterocycles. The molecule has 21 heavy (non-hydrogen) atoms. The topological polar surface area (TPSA) is 51.8 Å². The molecule has 1 aromatic carbocycles. The summed E-state index contributed by atoms with van der Waals surface area (Å²) in [5.74, 6) is 1.59. The maximum atomic E-state index is 6.05. The van der Waals surface area contributed by atoms with E-state index in [9.17, 15) is 0 Å². The fourth-order valence-electron chi connectivity index (χ4n) is 1.63. The maximum Gasteiger partial charge on any atom is 0.257 e. The van der Waals surface area contributed by atoms with Crippen LogP contribution < -0.4 is 0 Å². The standard InChI is InChI=1S/C14H9Cl2N3OS/c15-10-5-3-9(4-6-10)13-18-12(19-20-13)8-21-14-11(16)2-1-7-17-14/h1-7H,8H2. The van der Waals surface area contributed by atoms with Crippen molar-refractivity contribution >= 4 is 35.0 Å². The highest BCUT2D eigenvalue weighted by Crippen LogP contribution is 2.27. The highest BCUT2D eigenvalue weighted by molar-refractivity contribution is 7.98. The van der Waals surface area contributed by atoms with Crippen LogP contribution in [-0.4, -0.2) is 15.1 Å². The number of pyridine rings is 1. The van der Waals surface area contributed by atoms with Gasteiger partial charge in [0, 0.05) is 16.8 Å². The van der Waals surface area contributed by atoms with Gasteiger partial charge in [-0.15, -0.1) is 0 Å². The lowest BCUT2D eigenvalue weighted by atomic mass is 10.2. The molecule has 0 saturated carbocycles. The van der Waals surface area contributed by atoms with Crippen LogP contribution in [0.4, 0.5) is 0 Å². The van der Waals surface area contributed by atoms with Gasteiger partial charge in [-0.05, 0) is 36.4 Å². The molecule has 0 spiro atoms. The Labute approximate surface area is 135 Å². The summed E-state index contributed by atoms with van der Waals surface area (Å²) < 4.78 is 5.24. The molecule has 0 N–H and O–H groups in total. The van der Waals surface area contributed by atoms with Crippen molar-refractivity contribution in [3.63, 3.8) is 0 Å². The molecule has 0 atom stereocenters. The lowest BCUT2D eigenvalue weighted by molar-refractivity contribution is 0.425. The van der Waals surface area contributed by atoms with Gasteiger partial charge in [0.2, 0.25) is 0 Å². The monoisotopic (exact) mass is 337 g/mol. The zero-order valence-corrected chi connectivity index (χ0v) is 13.0. The molecular formula is C14H9Cl2N3OS. The molecule has 0 fully saturated rings. The number of rotatable bonds is 4. The number of benzene rings is 1. The second-order valence-electron chi connectivity index (χ2n) is 4.10. The van der Waals surface area contributed by atoms with Gasteiger partial charge in [-0.1, -0.05) is 40.1 Å². The van der Waals surface area contributed by atoms with Crippen LogP contribution in [0.15, 0.2) is 52.1 Å². The van der Waals surface area contributed by atoms with Crippen molar-refractivity contribution in [1.82, 2.24) is 15.1 Å². The van der Waals surface area contributed by atoms with Crippen LogP contribution >= 0.6 is 35.0 Å². The summed E-state index contributed by atoms with van der Waals surface area (Å²) >= 11 is 13.4. The highest BCUT2D eigenvalue weighted by atomic mass is 35.5. The summed E-state index contributed by atoms with van der Waals surface area (Å²) in [5, 5.41) is 5.98. The van der Waals surface area contributed by atoms with E-state index < -0.39 is 0 Å². The smallest absolute Gasteiger partial charge is 0.257 e. The number of aromatic nitrogens is 3. The zero-order chi connectivity index (χ0) is 14.7. The molecule has 3 aromatic rings. The van der Waals surface area contributed by atoms with Crippen LogP contribution in [0, 0.1) is 0 Å². The molecule has 0 amide bonds. The van der Waals surface area contributed by atoms with Gasteiger partial charge < -0.3 is 4.52 Å². The number of nitrogens with zero attached hydrogens (tertiary/aromatic N) is 3. The van der Waals surface area contributed by atoms with E-state index >= 15 is 0 Å². The number of thioether (sulfide) groups is 1. The van der Waals surface area contributed by atoms with Crippen molar-refractivity contribution in [2.45, 2.75) is 10.8 Å². The molecule has 0 saturated heterocycles. The quantitative estimate of drug-likeness (QED) is 0.644. The van der Waals surface area contributed by atoms with E-state index in [0.29, 0.717) is 27.5 Å². The van der Waals surface area contributed by atoms with Gasteiger partial charge in [-0.25, -0.2) is 4.98 Å². The van der Waals surface area contributed by atoms with E-state index in [-0.39, 0.29) is 0 Å². The van der Waals surface area contributed by atoms with Crippen molar-refractivity contribution in [2.24, 2.45) is 0 Å². The maximum absolute atomic E-state index is 6.05. The van der Waals surface area contributed by atoms with Crippen LogP contribution in [0.5, 0.6) is 0 Å². The van der Waals surface area contributed by atoms with Gasteiger partial charge in [0.25, 0.3) is 5.89 Å². The lowest BCUT2D eigenvalue weighted by Crippen LogP contribution is -1.86. The van der Waals surface area contributed by atoms with Gasteiger partial charge in [-0.3, -0.25) is 0 Å². The summed E-state index contributed by atoms with van der Waals surface area (Å²) in [6.07, 6.45) is 1.70. The van der Waals surface area contributed by atoms with Gasteiger partial charge in [-0.2, -0.15) is 4.98 Å². The van der Waals surface area contributed by atoms with E-state index in [1.54, 1.807) is 30.5 Å². The molecule has 106 valence electrons. The van der Waals surface area contributed by atoms with Crippen LogP contribution in [0.25, 0.3) is 11.5 Å². The Morgan fingerprint density at radius 1 is 1.10 bits per heavy atom. The third-order valence-corrected chi connectivity index (χ3v) is 4.29. The Bertz CT molecular complexity index is 746. The lowest BCUT2D eigenvalue weighted by Gasteiger charge is -1.99. The SMILES string of the molecule is Clc1ccc(-c2nc(CSc3ncccc3Cl)no2)cc1. The van der Waals surface area contributed by atoms with Gasteiger partial charge in [0.05, 0.1) is 10.8 Å². The Morgan fingerprint density at radius 3 is 2.67 bits per heavy atom. The molecule has 3 rings (SSSR count). The van der Waals surface area contributed by atoms with Gasteiger partial charge in [0.1, 0.15) is 5.03 Å². The van der Waals surface area contributed by atoms with Crippen molar-refractivity contribution in [1.29, 1.82) is 0 Å². The van der Waals surface area contributed by atoms with Crippen LogP contribution in [0.2, 0.25) is 10.0 Å². The molecule has 0 bridgehead atoms. The summed E-state index contributed by atoms with van der Waals surface area (Å²) in [6, 6.07) is 10.8. The van der Waals surface area contributed by atoms with Crippen LogP contribution in [0.1, 0.15) is 5.82 Å². The first-order valence-corrected chi connectivity index (χ1v) is 7.78. The van der Waals surface area contributed by atoms with Crippen LogP contribution in [0.3, 0.4) is 0 Å². The summed E-state index contributed by atoms with van der Waals surface area (Å²) in [7, 11) is 0. The molecule has 0 unspecified atom stereocenters. The Kier molecular flexibility index (Phi) is 4.43. The second-order valence-corrected chi connectivity index (χ2v) is 5.91. The van der Waals surface area contributed by atoms with Crippen molar-refractivity contribution in [3.8, 4) is 11.5 Å². The van der Waals surface area contributed by atoms with E-state index in [2.05, 4.69) is 15.1 Å². The molecule has 7 heteroatoms. The molecule has 4 nitrogen and oxygen atoms in total. The normalized spacial score (nSPS) is 10.8. The van der Waals surface area contributed by atoms with Crippen molar-refractivity contribution < 1.29 is 4.52 Å². The Morgan fingerprint density at radius 2 is 1.90 bits per heavy atom. The van der Waals surface area contributed by atoms with Gasteiger partial charge >= 0.3 is 0 Å². The number of hydrogen-bond acceptors (Lipinski definition) is 5. The largest absolute Gasteiger partial charge is 0.334 e. The Hall–Kier alpha value is -1.56. The fraction of sp³-hybridized carbons (Fsp3) is 0.0714. The zero-order valence-electron chi connectivity index (χ0n) is 10.7. The van der Waals surface area contributed by atoms with Crippen molar-refractivity contribution in [2.75, 3.05) is 0 Å². The fourth-order valence-corrected chi connectivity index (χ4v) is 2.77. The van der Waals surface area contributed by atoms with Gasteiger partial charge in [0.15, 0.2) is 5.82 Å². The second kappa shape index (κ2) is 6.47. The predicted molar refractivity (Wildman–Crippen MR) is 83.6 cm³/mol. The molecule has 0 aliphatic carbocycles. The number of hydrogen-bond donors (Lipinski definition) is 0. The predicted octanol–water partition coefficient (Wildman–Crippen LogP) is 4.73. The highest BCUT2D eigenvalue weighted by Gasteiger charge is 2.10. The minimum atomic E-state index is 0.467. The van der Waals surface area contributed by atoms with E-state index in [0.717, 1.165) is 10.6 Å². The van der Waals surface area contributed by atoms with E-state index in [1.165, 1.54) is 11.8 Å². The molecule has 0 radical (unpaired) electrons. The number of halogens is 2. The summed E-state index contributed by atoms with van der Waals surface area (Å²) in [4.78, 5) is 8.54. The average molecular weight is 338 g/mol. The van der Waals surface area contributed by atoms with Crippen molar-refractivity contribution in [3.05, 3.63) is 58.5 Å². The molecule has 2 aromatic heterocycles. The third-order valence-electron chi connectivity index (χ3n) is 2.62.